The lowest BCUT2D eigenvalue weighted by atomic mass is 9.76. The van der Waals surface area contributed by atoms with Gasteiger partial charge in [-0.2, -0.15) is 0 Å². The van der Waals surface area contributed by atoms with Crippen LogP contribution in [-0.4, -0.2) is 105 Å². The van der Waals surface area contributed by atoms with Crippen LogP contribution in [0.15, 0.2) is 0 Å². The topological polar surface area (TPSA) is 114 Å². The summed E-state index contributed by atoms with van der Waals surface area (Å²) in [6.07, 6.45) is 0.480. The van der Waals surface area contributed by atoms with Crippen molar-refractivity contribution in [3.8, 4) is 0 Å². The Balaban J connectivity index is 1.24. The summed E-state index contributed by atoms with van der Waals surface area (Å²) in [4.78, 5) is 32.4. The van der Waals surface area contributed by atoms with Crippen molar-refractivity contribution in [2.75, 3.05) is 46.2 Å². The highest BCUT2D eigenvalue weighted by Gasteiger charge is 2.45. The van der Waals surface area contributed by atoms with Gasteiger partial charge in [-0.3, -0.25) is 20.4 Å². The number of halogens is 2. The molecule has 2 saturated heterocycles. The molecule has 0 aromatic rings. The Kier molecular flexibility index (Phi) is 7.40. The second-order valence-electron chi connectivity index (χ2n) is 10.1. The van der Waals surface area contributed by atoms with Gasteiger partial charge in [0, 0.05) is 45.4 Å². The van der Waals surface area contributed by atoms with E-state index in [9.17, 15) is 22.4 Å². The molecule has 4 aliphatic rings. The highest BCUT2D eigenvalue weighted by Crippen LogP contribution is 2.37. The van der Waals surface area contributed by atoms with Crippen LogP contribution >= 0.6 is 11.6 Å². The molecule has 188 valence electrons. The maximum atomic E-state index is 14.7. The molecule has 3 amide bonds. The number of carbonyl (C=O) groups excluding carboxylic acids is 2. The van der Waals surface area contributed by atoms with E-state index in [0.29, 0.717) is 38.8 Å². The molecule has 0 radical (unpaired) electrons. The van der Waals surface area contributed by atoms with Gasteiger partial charge in [-0.1, -0.05) is 0 Å². The van der Waals surface area contributed by atoms with E-state index in [2.05, 4.69) is 20.5 Å². The highest BCUT2D eigenvalue weighted by atomic mass is 35.5. The van der Waals surface area contributed by atoms with Crippen LogP contribution in [0.5, 0.6) is 0 Å². The Morgan fingerprint density at radius 3 is 2.55 bits per heavy atom. The van der Waals surface area contributed by atoms with Gasteiger partial charge < -0.3 is 9.80 Å². The van der Waals surface area contributed by atoms with Crippen molar-refractivity contribution < 1.29 is 22.4 Å². The maximum Gasteiger partial charge on any atom is 0.320 e. The number of sulfonamides is 1. The summed E-state index contributed by atoms with van der Waals surface area (Å²) in [6, 6.07) is 0.174. The summed E-state index contributed by atoms with van der Waals surface area (Å²) in [5.41, 5.74) is 2.22. The van der Waals surface area contributed by atoms with E-state index in [4.69, 9.17) is 11.6 Å². The molecule has 0 aromatic carbocycles. The van der Waals surface area contributed by atoms with Crippen LogP contribution in [0.1, 0.15) is 25.7 Å². The van der Waals surface area contributed by atoms with Crippen LogP contribution in [0.25, 0.3) is 0 Å². The van der Waals surface area contributed by atoms with Crippen LogP contribution < -0.4 is 15.6 Å². The molecule has 33 heavy (non-hydrogen) atoms. The molecule has 4 fully saturated rings. The Labute approximate surface area is 199 Å². The normalized spacial score (nSPS) is 37.9. The van der Waals surface area contributed by atoms with Crippen molar-refractivity contribution in [1.82, 2.24) is 30.3 Å². The zero-order valence-electron chi connectivity index (χ0n) is 19.0. The van der Waals surface area contributed by atoms with Gasteiger partial charge in [0.25, 0.3) is 0 Å². The minimum absolute atomic E-state index is 0.0182. The average molecular weight is 509 g/mol. The summed E-state index contributed by atoms with van der Waals surface area (Å²) in [6.45, 7) is 2.87. The number of carbonyl (C=O) groups is 2. The summed E-state index contributed by atoms with van der Waals surface area (Å²) in [5.74, 6) is -1.90. The number of urea groups is 1. The standard InChI is InChI=1S/C20H34ClFN6O4S/c1-26-9-17(23-11-26)13-7-15(18(22)16(21)8-13)19(29)24-25-33(31,32)10-12-5-14(6-12)28-4-3-27(2)20(28)30/h12-18,23,25H,3-11H2,1-2H3,(H,24,29). The van der Waals surface area contributed by atoms with E-state index in [1.165, 1.54) is 0 Å². The zero-order chi connectivity index (χ0) is 23.9. The smallest absolute Gasteiger partial charge is 0.320 e. The van der Waals surface area contributed by atoms with Gasteiger partial charge >= 0.3 is 6.03 Å². The Morgan fingerprint density at radius 2 is 1.94 bits per heavy atom. The van der Waals surface area contributed by atoms with E-state index in [1.54, 1.807) is 16.8 Å². The molecule has 2 aliphatic heterocycles. The third-order valence-corrected chi connectivity index (χ3v) is 9.28. The molecule has 4 rings (SSSR count). The molecule has 0 bridgehead atoms. The number of hydrogen-bond donors (Lipinski definition) is 3. The first kappa shape index (κ1) is 24.9. The van der Waals surface area contributed by atoms with Gasteiger partial charge in [0.15, 0.2) is 0 Å². The third-order valence-electron chi connectivity index (χ3n) is 7.54. The molecule has 3 N–H and O–H groups in total. The monoisotopic (exact) mass is 508 g/mol. The number of nitrogens with one attached hydrogen (secondary N) is 3. The SMILES string of the molecule is CN1CNC(C2CC(Cl)C(F)C(C(=O)NNS(=O)(=O)CC3CC(N4CCN(C)C4=O)C3)C2)C1. The molecule has 5 unspecified atom stereocenters. The molecule has 10 nitrogen and oxygen atoms in total. The van der Waals surface area contributed by atoms with Crippen molar-refractivity contribution in [1.29, 1.82) is 0 Å². The van der Waals surface area contributed by atoms with E-state index < -0.39 is 33.4 Å². The minimum atomic E-state index is -3.78. The lowest BCUT2D eigenvalue weighted by molar-refractivity contribution is -0.129. The Morgan fingerprint density at radius 1 is 1.21 bits per heavy atom. The number of likely N-dealkylation sites (N-methyl/N-ethyl adjacent to an activating group) is 2. The largest absolute Gasteiger partial charge is 0.326 e. The van der Waals surface area contributed by atoms with Gasteiger partial charge in [-0.15, -0.1) is 16.4 Å². The number of hydrogen-bond acceptors (Lipinski definition) is 6. The van der Waals surface area contributed by atoms with Crippen LogP contribution in [0, 0.1) is 17.8 Å². The van der Waals surface area contributed by atoms with Crippen molar-refractivity contribution in [3.63, 3.8) is 0 Å². The zero-order valence-corrected chi connectivity index (χ0v) is 20.6. The summed E-state index contributed by atoms with van der Waals surface area (Å²) in [5, 5.41) is 2.58. The molecule has 13 heteroatoms. The second kappa shape index (κ2) is 9.80. The quantitative estimate of drug-likeness (QED) is 0.327. The van der Waals surface area contributed by atoms with Crippen LogP contribution in [0.3, 0.4) is 0 Å². The van der Waals surface area contributed by atoms with Gasteiger partial charge in [-0.05, 0) is 44.6 Å². The number of alkyl halides is 2. The van der Waals surface area contributed by atoms with Crippen LogP contribution in [0.2, 0.25) is 0 Å². The summed E-state index contributed by atoms with van der Waals surface area (Å²) < 4.78 is 39.7. The third kappa shape index (κ3) is 5.55. The number of rotatable bonds is 7. The highest BCUT2D eigenvalue weighted by molar-refractivity contribution is 7.89. The van der Waals surface area contributed by atoms with Crippen LogP contribution in [0.4, 0.5) is 9.18 Å². The van der Waals surface area contributed by atoms with Crippen molar-refractivity contribution >= 4 is 33.6 Å². The Bertz CT molecular complexity index is 859. The van der Waals surface area contributed by atoms with E-state index >= 15 is 0 Å². The number of hydrazine groups is 1. The Hall–Kier alpha value is -1.21. The van der Waals surface area contributed by atoms with E-state index in [0.717, 1.165) is 13.2 Å². The lowest BCUT2D eigenvalue weighted by Gasteiger charge is -2.40. The maximum absolute atomic E-state index is 14.7. The predicted molar refractivity (Wildman–Crippen MR) is 121 cm³/mol. The van der Waals surface area contributed by atoms with Crippen LogP contribution in [-0.2, 0) is 14.8 Å². The average Bonchev–Trinajstić information content (AvgIpc) is 3.30. The van der Waals surface area contributed by atoms with Gasteiger partial charge in [0.2, 0.25) is 15.9 Å². The van der Waals surface area contributed by atoms with Crippen molar-refractivity contribution in [2.24, 2.45) is 17.8 Å². The van der Waals surface area contributed by atoms with E-state index in [1.807, 2.05) is 7.05 Å². The molecule has 0 spiro atoms. The number of amides is 3. The molecular formula is C20H34ClFN6O4S. The molecule has 2 saturated carbocycles. The minimum Gasteiger partial charge on any atom is -0.326 e. The van der Waals surface area contributed by atoms with Gasteiger partial charge in [0.05, 0.1) is 17.0 Å². The molecular weight excluding hydrogens is 475 g/mol. The predicted octanol–water partition coefficient (Wildman–Crippen LogP) is -0.0842. The number of nitrogens with zero attached hydrogens (tertiary/aromatic N) is 3. The molecule has 0 aromatic heterocycles. The van der Waals surface area contributed by atoms with Crippen molar-refractivity contribution in [3.05, 3.63) is 0 Å². The first-order chi connectivity index (χ1) is 15.5. The van der Waals surface area contributed by atoms with Gasteiger partial charge in [-0.25, -0.2) is 17.6 Å². The molecule has 2 aliphatic carbocycles. The van der Waals surface area contributed by atoms with E-state index in [-0.39, 0.29) is 35.7 Å². The molecule has 5 atom stereocenters. The fourth-order valence-corrected chi connectivity index (χ4v) is 7.17. The fraction of sp³-hybridized carbons (Fsp3) is 0.900. The first-order valence-electron chi connectivity index (χ1n) is 11.5. The lowest BCUT2D eigenvalue weighted by Crippen LogP contribution is -2.53. The summed E-state index contributed by atoms with van der Waals surface area (Å²) >= 11 is 6.22. The summed E-state index contributed by atoms with van der Waals surface area (Å²) in [7, 11) is -0.0503. The van der Waals surface area contributed by atoms with Crippen molar-refractivity contribution in [2.45, 2.75) is 49.3 Å². The molecule has 2 heterocycles. The fourth-order valence-electron chi connectivity index (χ4n) is 5.53. The second-order valence-corrected chi connectivity index (χ2v) is 12.4. The first-order valence-corrected chi connectivity index (χ1v) is 13.6. The van der Waals surface area contributed by atoms with Gasteiger partial charge in [0.1, 0.15) is 6.17 Å².